The Morgan fingerprint density at radius 2 is 0.806 bits per heavy atom. The zero-order valence-electron chi connectivity index (χ0n) is 14.3. The van der Waals surface area contributed by atoms with Gasteiger partial charge in [0.25, 0.3) is 40.5 Å². The highest BCUT2D eigenvalue weighted by molar-refractivity contribution is 7.87. The van der Waals surface area contributed by atoms with Crippen molar-refractivity contribution in [1.82, 2.24) is 0 Å². The minimum Gasteiger partial charge on any atom is -0.503 e. The molecule has 0 aliphatic rings. The Kier molecular flexibility index (Phi) is 6.04. The van der Waals surface area contributed by atoms with E-state index < -0.39 is 83.1 Å². The van der Waals surface area contributed by atoms with Gasteiger partial charge in [0.05, 0.1) is 9.79 Å². The summed E-state index contributed by atoms with van der Waals surface area (Å²) in [6.07, 6.45) is 0. The van der Waals surface area contributed by atoms with Gasteiger partial charge < -0.3 is 14.9 Å². The number of hydrogen-bond acceptors (Lipinski definition) is 11. The number of benzene rings is 2. The molecule has 0 heterocycles. The third-order valence-corrected chi connectivity index (χ3v) is 6.80. The molecule has 15 nitrogen and oxygen atoms in total. The quantitative estimate of drug-likeness (QED) is 0.270. The topological polar surface area (TPSA) is 267 Å². The molecule has 0 fully saturated rings. The molecule has 2 aromatic rings. The molecule has 0 aliphatic heterocycles. The number of ether oxygens (including phenoxy) is 1. The van der Waals surface area contributed by atoms with Gasteiger partial charge >= 0.3 is 0 Å². The minimum absolute atomic E-state index is 0.116. The zero-order valence-corrected chi connectivity index (χ0v) is 17.6. The van der Waals surface area contributed by atoms with E-state index in [-0.39, 0.29) is 24.3 Å². The van der Waals surface area contributed by atoms with Crippen LogP contribution in [0.3, 0.4) is 0 Å². The number of hydrogen-bond donors (Lipinski definition) is 6. The third-order valence-electron chi connectivity index (χ3n) is 3.40. The summed E-state index contributed by atoms with van der Waals surface area (Å²) in [5.74, 6) is -5.54. The normalized spacial score (nSPS) is 13.2. The SMILES string of the molecule is O=S(=O)(O)c1cc(Oc2cc(S(=O)(=O)O)cc(S(=O)(=O)O)c2O)c(O)c(S(=O)(=O)O)c1. The summed E-state index contributed by atoms with van der Waals surface area (Å²) in [5.41, 5.74) is 0. The number of phenolic OH excluding ortho intramolecular Hbond substituents is 2. The summed E-state index contributed by atoms with van der Waals surface area (Å²) in [7, 11) is -21.1. The van der Waals surface area contributed by atoms with Crippen LogP contribution < -0.4 is 4.74 Å². The Labute approximate surface area is 174 Å². The van der Waals surface area contributed by atoms with Gasteiger partial charge in [0.1, 0.15) is 9.79 Å². The molecule has 0 aliphatic carbocycles. The number of phenols is 2. The molecule has 0 aromatic heterocycles. The van der Waals surface area contributed by atoms with Gasteiger partial charge in [0.2, 0.25) is 0 Å². The number of rotatable bonds is 6. The first-order valence-electron chi connectivity index (χ1n) is 7.04. The average molecular weight is 522 g/mol. The maximum absolute atomic E-state index is 11.4. The van der Waals surface area contributed by atoms with E-state index in [1.165, 1.54) is 0 Å². The van der Waals surface area contributed by atoms with Crippen molar-refractivity contribution in [3.63, 3.8) is 0 Å². The molecule has 19 heteroatoms. The molecule has 0 saturated heterocycles. The fraction of sp³-hybridized carbons (Fsp3) is 0. The summed E-state index contributed by atoms with van der Waals surface area (Å²) >= 11 is 0. The highest BCUT2D eigenvalue weighted by Gasteiger charge is 2.28. The fourth-order valence-electron chi connectivity index (χ4n) is 2.08. The molecule has 6 N–H and O–H groups in total. The lowest BCUT2D eigenvalue weighted by Crippen LogP contribution is -2.06. The Morgan fingerprint density at radius 3 is 1.03 bits per heavy atom. The molecule has 0 saturated carbocycles. The molecule has 31 heavy (non-hydrogen) atoms. The lowest BCUT2D eigenvalue weighted by atomic mass is 10.3. The van der Waals surface area contributed by atoms with Crippen LogP contribution in [0.1, 0.15) is 0 Å². The first kappa shape index (κ1) is 24.7. The van der Waals surface area contributed by atoms with Gasteiger partial charge in [-0.25, -0.2) is 0 Å². The first-order chi connectivity index (χ1) is 13.7. The molecule has 0 radical (unpaired) electrons. The Morgan fingerprint density at radius 1 is 0.516 bits per heavy atom. The Balaban J connectivity index is 2.91. The van der Waals surface area contributed by atoms with E-state index in [0.29, 0.717) is 0 Å². The van der Waals surface area contributed by atoms with Gasteiger partial charge in [-0.2, -0.15) is 33.7 Å². The smallest absolute Gasteiger partial charge is 0.298 e. The molecule has 2 rings (SSSR count). The molecule has 0 spiro atoms. The average Bonchev–Trinajstić information content (AvgIpc) is 2.53. The molecule has 2 aromatic carbocycles. The lowest BCUT2D eigenvalue weighted by molar-refractivity contribution is 0.367. The van der Waals surface area contributed by atoms with Crippen LogP contribution >= 0.6 is 0 Å². The Hall–Kier alpha value is -2.52. The van der Waals surface area contributed by atoms with Crippen LogP contribution in [0.5, 0.6) is 23.0 Å². The van der Waals surface area contributed by atoms with Crippen molar-refractivity contribution in [2.75, 3.05) is 0 Å². The van der Waals surface area contributed by atoms with E-state index in [1.807, 2.05) is 0 Å². The van der Waals surface area contributed by atoms with Crippen LogP contribution in [0, 0.1) is 0 Å². The third kappa shape index (κ3) is 5.40. The van der Waals surface area contributed by atoms with Crippen LogP contribution in [0.4, 0.5) is 0 Å². The standard InChI is InChI=1S/C12H10O15S4/c13-11-7(1-5(28(15,16)17)3-9(11)30(21,22)23)27-8-2-6(29(18,19)20)4-10(12(8)14)31(24,25)26/h1-4,13-14H,(H,15,16,17)(H,18,19,20)(H,21,22,23)(H,24,25,26). The predicted octanol–water partition coefficient (Wildman–Crippen LogP) is -0.123. The van der Waals surface area contributed by atoms with E-state index in [0.717, 1.165) is 0 Å². The van der Waals surface area contributed by atoms with Crippen molar-refractivity contribution in [2.24, 2.45) is 0 Å². The van der Waals surface area contributed by atoms with Crippen LogP contribution in [0.25, 0.3) is 0 Å². The van der Waals surface area contributed by atoms with Crippen LogP contribution in [0.2, 0.25) is 0 Å². The second-order valence-electron chi connectivity index (χ2n) is 5.54. The van der Waals surface area contributed by atoms with E-state index in [9.17, 15) is 43.9 Å². The molecule has 0 bridgehead atoms. The largest absolute Gasteiger partial charge is 0.503 e. The monoisotopic (exact) mass is 522 g/mol. The van der Waals surface area contributed by atoms with Crippen LogP contribution in [-0.2, 0) is 40.5 Å². The summed E-state index contributed by atoms with van der Waals surface area (Å²) < 4.78 is 132. The van der Waals surface area contributed by atoms with Crippen molar-refractivity contribution in [3.8, 4) is 23.0 Å². The molecule has 0 atom stereocenters. The lowest BCUT2D eigenvalue weighted by Gasteiger charge is -2.14. The number of aromatic hydroxyl groups is 2. The highest BCUT2D eigenvalue weighted by Crippen LogP contribution is 2.43. The predicted molar refractivity (Wildman–Crippen MR) is 95.5 cm³/mol. The molecule has 0 amide bonds. The summed E-state index contributed by atoms with van der Waals surface area (Å²) in [5, 5.41) is 19.9. The van der Waals surface area contributed by atoms with Gasteiger partial charge in [0, 0.05) is 12.1 Å². The Bertz CT molecular complexity index is 1380. The van der Waals surface area contributed by atoms with E-state index in [2.05, 4.69) is 0 Å². The first-order valence-corrected chi connectivity index (χ1v) is 12.8. The molecular weight excluding hydrogens is 512 g/mol. The van der Waals surface area contributed by atoms with E-state index in [4.69, 9.17) is 22.9 Å². The minimum atomic E-state index is -5.34. The molecule has 0 unspecified atom stereocenters. The van der Waals surface area contributed by atoms with Gasteiger partial charge in [-0.3, -0.25) is 18.2 Å². The summed E-state index contributed by atoms with van der Waals surface area (Å²) in [6, 6.07) is 0.744. The van der Waals surface area contributed by atoms with Crippen molar-refractivity contribution < 1.29 is 66.8 Å². The van der Waals surface area contributed by atoms with Gasteiger partial charge in [-0.15, -0.1) is 0 Å². The van der Waals surface area contributed by atoms with Crippen molar-refractivity contribution >= 4 is 40.5 Å². The molecule has 172 valence electrons. The van der Waals surface area contributed by atoms with E-state index in [1.54, 1.807) is 0 Å². The maximum Gasteiger partial charge on any atom is 0.298 e. The van der Waals surface area contributed by atoms with Gasteiger partial charge in [-0.1, -0.05) is 0 Å². The summed E-state index contributed by atoms with van der Waals surface area (Å²) in [4.78, 5) is -5.57. The van der Waals surface area contributed by atoms with E-state index >= 15 is 0 Å². The second-order valence-corrected chi connectivity index (χ2v) is 11.2. The fourth-order valence-corrected chi connectivity index (χ4v) is 4.52. The van der Waals surface area contributed by atoms with Crippen LogP contribution in [-0.4, -0.2) is 62.1 Å². The summed E-state index contributed by atoms with van der Waals surface area (Å²) in [6.45, 7) is 0. The van der Waals surface area contributed by atoms with Crippen molar-refractivity contribution in [1.29, 1.82) is 0 Å². The van der Waals surface area contributed by atoms with Crippen molar-refractivity contribution in [3.05, 3.63) is 24.3 Å². The second kappa shape index (κ2) is 7.56. The zero-order chi connectivity index (χ0) is 24.2. The van der Waals surface area contributed by atoms with Gasteiger partial charge in [-0.05, 0) is 12.1 Å². The highest BCUT2D eigenvalue weighted by atomic mass is 32.2. The van der Waals surface area contributed by atoms with Gasteiger partial charge in [0.15, 0.2) is 23.0 Å². The maximum atomic E-state index is 11.4. The molecular formula is C12H10O15S4. The van der Waals surface area contributed by atoms with Crippen LogP contribution in [0.15, 0.2) is 43.8 Å². The van der Waals surface area contributed by atoms with Crippen molar-refractivity contribution in [2.45, 2.75) is 19.6 Å².